The predicted octanol–water partition coefficient (Wildman–Crippen LogP) is 3.15. The number of furan rings is 1. The number of nitrogens with one attached hydrogen (secondary N) is 1. The number of aromatic nitrogens is 2. The molecule has 2 aromatic rings. The van der Waals surface area contributed by atoms with Crippen LogP contribution in [-0.4, -0.2) is 35.6 Å². The van der Waals surface area contributed by atoms with Crippen LogP contribution in [0.3, 0.4) is 0 Å². The number of hydrogen-bond acceptors (Lipinski definition) is 5. The molecule has 1 aliphatic heterocycles. The topological polar surface area (TPSA) is 94.2 Å². The third-order valence-electron chi connectivity index (χ3n) is 4.10. The van der Waals surface area contributed by atoms with E-state index in [9.17, 15) is 13.2 Å². The standard InChI is InChI=1S/C16H20BrN3O4S/c1-16(2,3)12-8-14(18-15(21)11-4-5-13(17)24-11)20(19-12)10-6-7-25(22,23)9-10/h4-5,8,10H,6-7,9H2,1-3H3,(H,18,21). The lowest BCUT2D eigenvalue weighted by Crippen LogP contribution is -2.20. The van der Waals surface area contributed by atoms with Crippen LogP contribution in [0.25, 0.3) is 0 Å². The van der Waals surface area contributed by atoms with Gasteiger partial charge in [-0.2, -0.15) is 5.10 Å². The Labute approximate surface area is 154 Å². The van der Waals surface area contributed by atoms with E-state index in [4.69, 9.17) is 4.42 Å². The second kappa shape index (κ2) is 6.28. The lowest BCUT2D eigenvalue weighted by atomic mass is 9.92. The number of rotatable bonds is 3. The van der Waals surface area contributed by atoms with Crippen molar-refractivity contribution in [3.8, 4) is 0 Å². The van der Waals surface area contributed by atoms with E-state index in [0.717, 1.165) is 5.69 Å². The van der Waals surface area contributed by atoms with Gasteiger partial charge >= 0.3 is 0 Å². The zero-order valence-corrected chi connectivity index (χ0v) is 16.6. The van der Waals surface area contributed by atoms with Crippen molar-refractivity contribution in [2.24, 2.45) is 0 Å². The Morgan fingerprint density at radius 2 is 2.12 bits per heavy atom. The van der Waals surface area contributed by atoms with Crippen LogP contribution < -0.4 is 5.32 Å². The first-order valence-corrected chi connectivity index (χ1v) is 10.5. The summed E-state index contributed by atoms with van der Waals surface area (Å²) in [4.78, 5) is 12.4. The quantitative estimate of drug-likeness (QED) is 0.808. The molecule has 1 saturated heterocycles. The zero-order valence-electron chi connectivity index (χ0n) is 14.2. The molecule has 0 aromatic carbocycles. The molecule has 0 radical (unpaired) electrons. The Morgan fingerprint density at radius 1 is 1.40 bits per heavy atom. The van der Waals surface area contributed by atoms with E-state index in [-0.39, 0.29) is 28.7 Å². The van der Waals surface area contributed by atoms with Gasteiger partial charge in [-0.1, -0.05) is 20.8 Å². The van der Waals surface area contributed by atoms with E-state index >= 15 is 0 Å². The molecule has 9 heteroatoms. The van der Waals surface area contributed by atoms with Gasteiger partial charge in [0.15, 0.2) is 20.3 Å². The number of sulfone groups is 1. The average molecular weight is 430 g/mol. The molecule has 0 bridgehead atoms. The summed E-state index contributed by atoms with van der Waals surface area (Å²) in [6.45, 7) is 6.04. The van der Waals surface area contributed by atoms with Gasteiger partial charge in [-0.3, -0.25) is 4.79 Å². The van der Waals surface area contributed by atoms with Crippen LogP contribution in [0.15, 0.2) is 27.3 Å². The summed E-state index contributed by atoms with van der Waals surface area (Å²) in [5.74, 6) is 0.405. The molecule has 0 spiro atoms. The van der Waals surface area contributed by atoms with Gasteiger partial charge in [0, 0.05) is 11.5 Å². The first kappa shape index (κ1) is 18.2. The van der Waals surface area contributed by atoms with Crippen LogP contribution in [0.1, 0.15) is 49.5 Å². The fourth-order valence-electron chi connectivity index (χ4n) is 2.72. The van der Waals surface area contributed by atoms with Crippen molar-refractivity contribution in [3.63, 3.8) is 0 Å². The highest BCUT2D eigenvalue weighted by atomic mass is 79.9. The molecule has 1 amide bonds. The van der Waals surface area contributed by atoms with Crippen LogP contribution in [0.5, 0.6) is 0 Å². The number of nitrogens with zero attached hydrogens (tertiary/aromatic N) is 2. The largest absolute Gasteiger partial charge is 0.444 e. The number of halogens is 1. The Bertz CT molecular complexity index is 908. The minimum atomic E-state index is -3.06. The van der Waals surface area contributed by atoms with E-state index in [2.05, 4.69) is 26.3 Å². The Hall–Kier alpha value is -1.61. The van der Waals surface area contributed by atoms with Gasteiger partial charge in [0.05, 0.1) is 23.2 Å². The second-order valence-corrected chi connectivity index (χ2v) is 10.2. The molecule has 3 rings (SSSR count). The molecule has 1 fully saturated rings. The van der Waals surface area contributed by atoms with Crippen molar-refractivity contribution in [2.75, 3.05) is 16.8 Å². The molecule has 1 atom stereocenters. The van der Waals surface area contributed by atoms with E-state index in [0.29, 0.717) is 16.9 Å². The van der Waals surface area contributed by atoms with Crippen LogP contribution in [-0.2, 0) is 15.3 Å². The predicted molar refractivity (Wildman–Crippen MR) is 97.6 cm³/mol. The summed E-state index contributed by atoms with van der Waals surface area (Å²) in [7, 11) is -3.06. The number of hydrogen-bond donors (Lipinski definition) is 1. The molecule has 1 unspecified atom stereocenters. The minimum absolute atomic E-state index is 0.0352. The lowest BCUT2D eigenvalue weighted by molar-refractivity contribution is 0.0994. The van der Waals surface area contributed by atoms with Crippen LogP contribution in [0, 0.1) is 0 Å². The fourth-order valence-corrected chi connectivity index (χ4v) is 4.71. The van der Waals surface area contributed by atoms with Crippen molar-refractivity contribution < 1.29 is 17.6 Å². The molecule has 25 heavy (non-hydrogen) atoms. The first-order valence-electron chi connectivity index (χ1n) is 7.92. The van der Waals surface area contributed by atoms with Gasteiger partial charge in [-0.25, -0.2) is 13.1 Å². The second-order valence-electron chi connectivity index (χ2n) is 7.22. The maximum absolute atomic E-state index is 12.4. The molecular weight excluding hydrogens is 410 g/mol. The Kier molecular flexibility index (Phi) is 4.57. The van der Waals surface area contributed by atoms with Crippen molar-refractivity contribution in [1.29, 1.82) is 0 Å². The maximum Gasteiger partial charge on any atom is 0.292 e. The molecule has 2 aromatic heterocycles. The van der Waals surface area contributed by atoms with E-state index in [1.165, 1.54) is 0 Å². The van der Waals surface area contributed by atoms with Crippen LogP contribution in [0.4, 0.5) is 5.82 Å². The molecule has 7 nitrogen and oxygen atoms in total. The molecule has 1 N–H and O–H groups in total. The molecule has 3 heterocycles. The molecule has 0 saturated carbocycles. The fraction of sp³-hybridized carbons (Fsp3) is 0.500. The third kappa shape index (κ3) is 3.98. The third-order valence-corrected chi connectivity index (χ3v) is 6.27. The summed E-state index contributed by atoms with van der Waals surface area (Å²) < 4.78 is 31.0. The lowest BCUT2D eigenvalue weighted by Gasteiger charge is -2.15. The van der Waals surface area contributed by atoms with E-state index in [1.54, 1.807) is 22.9 Å². The monoisotopic (exact) mass is 429 g/mol. The van der Waals surface area contributed by atoms with Gasteiger partial charge in [0.1, 0.15) is 5.82 Å². The van der Waals surface area contributed by atoms with Gasteiger partial charge in [0.2, 0.25) is 0 Å². The summed E-state index contributed by atoms with van der Waals surface area (Å²) >= 11 is 3.17. The highest BCUT2D eigenvalue weighted by Crippen LogP contribution is 2.31. The zero-order chi connectivity index (χ0) is 18.4. The van der Waals surface area contributed by atoms with Crippen LogP contribution >= 0.6 is 15.9 Å². The molecule has 136 valence electrons. The smallest absolute Gasteiger partial charge is 0.292 e. The van der Waals surface area contributed by atoms with Crippen molar-refractivity contribution >= 4 is 37.5 Å². The van der Waals surface area contributed by atoms with Crippen molar-refractivity contribution in [2.45, 2.75) is 38.6 Å². The average Bonchev–Trinajstić information content (AvgIpc) is 3.16. The van der Waals surface area contributed by atoms with E-state index < -0.39 is 15.7 Å². The van der Waals surface area contributed by atoms with Crippen molar-refractivity contribution in [1.82, 2.24) is 9.78 Å². The highest BCUT2D eigenvalue weighted by Gasteiger charge is 2.33. The summed E-state index contributed by atoms with van der Waals surface area (Å²) in [5, 5.41) is 7.37. The highest BCUT2D eigenvalue weighted by molar-refractivity contribution is 9.10. The Morgan fingerprint density at radius 3 is 2.64 bits per heavy atom. The molecule has 0 aliphatic carbocycles. The minimum Gasteiger partial charge on any atom is -0.444 e. The summed E-state index contributed by atoms with van der Waals surface area (Å²) in [5.41, 5.74) is 0.559. The summed E-state index contributed by atoms with van der Waals surface area (Å²) in [6, 6.07) is 4.71. The number of amides is 1. The molecule has 1 aliphatic rings. The van der Waals surface area contributed by atoms with Crippen LogP contribution in [0.2, 0.25) is 0 Å². The van der Waals surface area contributed by atoms with E-state index in [1.807, 2.05) is 20.8 Å². The number of carbonyl (C=O) groups is 1. The normalized spacial score (nSPS) is 19.9. The van der Waals surface area contributed by atoms with Gasteiger partial charge in [0.25, 0.3) is 5.91 Å². The Balaban J connectivity index is 1.94. The van der Waals surface area contributed by atoms with Gasteiger partial charge in [-0.05, 0) is 34.5 Å². The SMILES string of the molecule is CC(C)(C)c1cc(NC(=O)c2ccc(Br)o2)n(C2CCS(=O)(=O)C2)n1. The van der Waals surface area contributed by atoms with Gasteiger partial charge < -0.3 is 9.73 Å². The summed E-state index contributed by atoms with van der Waals surface area (Å²) in [6.07, 6.45) is 0.489. The van der Waals surface area contributed by atoms with Crippen molar-refractivity contribution in [3.05, 3.63) is 34.3 Å². The molecular formula is C16H20BrN3O4S. The number of carbonyl (C=O) groups excluding carboxylic acids is 1. The maximum atomic E-state index is 12.4. The number of anilines is 1. The first-order chi connectivity index (χ1) is 11.5. The van der Waals surface area contributed by atoms with Gasteiger partial charge in [-0.15, -0.1) is 0 Å².